The Hall–Kier alpha value is -4.94. The van der Waals surface area contributed by atoms with Crippen molar-refractivity contribution in [3.05, 3.63) is 198 Å². The molecule has 0 saturated carbocycles. The van der Waals surface area contributed by atoms with E-state index in [2.05, 4.69) is 170 Å². The van der Waals surface area contributed by atoms with Gasteiger partial charge in [-0.05, 0) is 68.5 Å². The number of rotatable bonds is 7. The zero-order valence-corrected chi connectivity index (χ0v) is 23.1. The first-order valence-corrected chi connectivity index (χ1v) is 14.5. The van der Waals surface area contributed by atoms with Gasteiger partial charge in [0.15, 0.2) is 0 Å². The maximum Gasteiger partial charge on any atom is 0.0673 e. The van der Waals surface area contributed by atoms with Gasteiger partial charge in [-0.15, -0.1) is 0 Å². The van der Waals surface area contributed by atoms with Crippen molar-refractivity contribution in [3.63, 3.8) is 0 Å². The molecule has 0 nitrogen and oxygen atoms in total. The summed E-state index contributed by atoms with van der Waals surface area (Å²) in [6.45, 7) is 0. The van der Waals surface area contributed by atoms with Crippen LogP contribution >= 0.6 is 0 Å². The highest BCUT2D eigenvalue weighted by molar-refractivity contribution is 5.96. The fourth-order valence-corrected chi connectivity index (χ4v) is 6.77. The van der Waals surface area contributed by atoms with Gasteiger partial charge < -0.3 is 0 Å². The first-order chi connectivity index (χ1) is 20.4. The Morgan fingerprint density at radius 3 is 1.51 bits per heavy atom. The molecule has 5 aromatic rings. The summed E-state index contributed by atoms with van der Waals surface area (Å²) >= 11 is 0. The van der Waals surface area contributed by atoms with E-state index in [0.717, 1.165) is 12.8 Å². The van der Waals surface area contributed by atoms with Gasteiger partial charge in [0.2, 0.25) is 0 Å². The average molecular weight is 525 g/mol. The van der Waals surface area contributed by atoms with Crippen LogP contribution in [0.2, 0.25) is 0 Å². The molecule has 5 aromatic carbocycles. The molecule has 0 saturated heterocycles. The fraction of sp³-hybridized carbons (Fsp3) is 0.0732. The lowest BCUT2D eigenvalue weighted by atomic mass is 9.61. The van der Waals surface area contributed by atoms with Crippen LogP contribution in [-0.4, -0.2) is 0 Å². The monoisotopic (exact) mass is 524 g/mol. The van der Waals surface area contributed by atoms with Crippen LogP contribution in [-0.2, 0) is 5.41 Å². The van der Waals surface area contributed by atoms with E-state index in [9.17, 15) is 0 Å². The Labute approximate surface area is 243 Å². The summed E-state index contributed by atoms with van der Waals surface area (Å²) in [4.78, 5) is 0. The minimum atomic E-state index is -0.455. The smallest absolute Gasteiger partial charge is 0.0673 e. The largest absolute Gasteiger partial charge is 0.0804 e. The lowest BCUT2D eigenvalue weighted by molar-refractivity contribution is 0.709. The molecule has 0 spiro atoms. The van der Waals surface area contributed by atoms with Gasteiger partial charge in [0.1, 0.15) is 0 Å². The summed E-state index contributed by atoms with van der Waals surface area (Å²) in [6.07, 6.45) is 15.5. The molecule has 0 fully saturated rings. The molecule has 0 bridgehead atoms. The Bertz CT molecular complexity index is 1750. The van der Waals surface area contributed by atoms with Gasteiger partial charge >= 0.3 is 0 Å². The summed E-state index contributed by atoms with van der Waals surface area (Å²) in [5, 5.41) is 0. The Kier molecular flexibility index (Phi) is 6.67. The van der Waals surface area contributed by atoms with Crippen LogP contribution in [0, 0.1) is 0 Å². The molecule has 0 atom stereocenters. The number of hydrogen-bond acceptors (Lipinski definition) is 0. The Morgan fingerprint density at radius 1 is 0.439 bits per heavy atom. The Morgan fingerprint density at radius 2 is 0.976 bits per heavy atom. The summed E-state index contributed by atoms with van der Waals surface area (Å²) < 4.78 is 0. The lowest BCUT2D eigenvalue weighted by Gasteiger charge is -2.40. The maximum absolute atomic E-state index is 2.42. The highest BCUT2D eigenvalue weighted by Gasteiger charge is 2.42. The second kappa shape index (κ2) is 10.9. The van der Waals surface area contributed by atoms with Gasteiger partial charge in [-0.25, -0.2) is 0 Å². The molecule has 0 amide bonds. The van der Waals surface area contributed by atoms with E-state index in [0.29, 0.717) is 0 Å². The van der Waals surface area contributed by atoms with Crippen molar-refractivity contribution in [3.8, 4) is 22.3 Å². The molecule has 0 radical (unpaired) electrons. The summed E-state index contributed by atoms with van der Waals surface area (Å²) in [7, 11) is 0. The van der Waals surface area contributed by atoms with E-state index >= 15 is 0 Å². The topological polar surface area (TPSA) is 0 Å². The highest BCUT2D eigenvalue weighted by Crippen LogP contribution is 2.53. The zero-order chi connectivity index (χ0) is 27.5. The average Bonchev–Trinajstić information content (AvgIpc) is 3.79. The van der Waals surface area contributed by atoms with E-state index in [1.807, 2.05) is 0 Å². The second-order valence-electron chi connectivity index (χ2n) is 10.8. The standard InChI is InChI=1S/C41H32/c1-5-17-31(18-6-1)37-29-30-38(40(33-21-13-14-22-33)39(37)32-19-7-2-8-20-32)41(36-27-15-16-28-36,34-23-9-3-10-24-34)35-25-11-4-12-26-35/h1-21,23-27,29-30H,22,28H2. The molecule has 2 aliphatic carbocycles. The molecule has 0 heteroatoms. The van der Waals surface area contributed by atoms with Gasteiger partial charge in [-0.1, -0.05) is 170 Å². The second-order valence-corrected chi connectivity index (χ2v) is 10.8. The van der Waals surface area contributed by atoms with Crippen LogP contribution in [0.15, 0.2) is 175 Å². The van der Waals surface area contributed by atoms with Gasteiger partial charge in [0.25, 0.3) is 0 Å². The van der Waals surface area contributed by atoms with Crippen molar-refractivity contribution in [1.29, 1.82) is 0 Å². The molecule has 0 aromatic heterocycles. The normalized spacial score (nSPS) is 14.2. The van der Waals surface area contributed by atoms with E-state index in [4.69, 9.17) is 0 Å². The van der Waals surface area contributed by atoms with Crippen LogP contribution in [0.1, 0.15) is 35.1 Å². The minimum absolute atomic E-state index is 0.455. The Balaban J connectivity index is 1.66. The van der Waals surface area contributed by atoms with E-state index < -0.39 is 5.41 Å². The van der Waals surface area contributed by atoms with E-state index in [1.54, 1.807) is 0 Å². The van der Waals surface area contributed by atoms with Crippen molar-refractivity contribution >= 4 is 5.57 Å². The van der Waals surface area contributed by atoms with Gasteiger partial charge in [0.05, 0.1) is 5.41 Å². The molecule has 7 rings (SSSR count). The number of allylic oxidation sites excluding steroid dienone is 8. The van der Waals surface area contributed by atoms with Crippen LogP contribution in [0.3, 0.4) is 0 Å². The molecule has 0 unspecified atom stereocenters. The summed E-state index contributed by atoms with van der Waals surface area (Å²) in [5.41, 5.74) is 12.6. The first kappa shape index (κ1) is 25.1. The number of hydrogen-bond donors (Lipinski definition) is 0. The molecule has 41 heavy (non-hydrogen) atoms. The van der Waals surface area contributed by atoms with Crippen molar-refractivity contribution in [2.75, 3.05) is 0 Å². The number of benzene rings is 5. The minimum Gasteiger partial charge on any atom is -0.0804 e. The van der Waals surface area contributed by atoms with Crippen LogP contribution < -0.4 is 0 Å². The molecule has 2 aliphatic rings. The van der Waals surface area contributed by atoms with E-state index in [1.165, 1.54) is 55.7 Å². The van der Waals surface area contributed by atoms with Crippen LogP contribution in [0.5, 0.6) is 0 Å². The molecule has 0 N–H and O–H groups in total. The summed E-state index contributed by atoms with van der Waals surface area (Å²) in [5.74, 6) is 0. The fourth-order valence-electron chi connectivity index (χ4n) is 6.77. The molecular weight excluding hydrogens is 492 g/mol. The predicted molar refractivity (Wildman–Crippen MR) is 174 cm³/mol. The maximum atomic E-state index is 2.42. The van der Waals surface area contributed by atoms with Crippen LogP contribution in [0.25, 0.3) is 27.8 Å². The van der Waals surface area contributed by atoms with Gasteiger partial charge in [-0.2, -0.15) is 0 Å². The van der Waals surface area contributed by atoms with Gasteiger partial charge in [0, 0.05) is 0 Å². The molecule has 196 valence electrons. The van der Waals surface area contributed by atoms with Crippen molar-refractivity contribution < 1.29 is 0 Å². The third-order valence-electron chi connectivity index (χ3n) is 8.52. The molecular formula is C41H32. The molecule has 0 aliphatic heterocycles. The van der Waals surface area contributed by atoms with Gasteiger partial charge in [-0.3, -0.25) is 0 Å². The highest BCUT2D eigenvalue weighted by atomic mass is 14.4. The quantitative estimate of drug-likeness (QED) is 0.186. The van der Waals surface area contributed by atoms with Crippen molar-refractivity contribution in [2.45, 2.75) is 18.3 Å². The zero-order valence-electron chi connectivity index (χ0n) is 23.1. The lowest BCUT2D eigenvalue weighted by Crippen LogP contribution is -2.33. The molecule has 0 heterocycles. The predicted octanol–water partition coefficient (Wildman–Crippen LogP) is 10.6. The van der Waals surface area contributed by atoms with Crippen molar-refractivity contribution in [2.24, 2.45) is 0 Å². The third kappa shape index (κ3) is 4.33. The SMILES string of the molecule is C1=CCC(c2c(C(C3=CC=CC3)(c3ccccc3)c3ccccc3)ccc(-c3ccccc3)c2-c2ccccc2)=C1. The first-order valence-electron chi connectivity index (χ1n) is 14.5. The van der Waals surface area contributed by atoms with E-state index in [-0.39, 0.29) is 0 Å². The van der Waals surface area contributed by atoms with Crippen molar-refractivity contribution in [1.82, 2.24) is 0 Å². The third-order valence-corrected chi connectivity index (χ3v) is 8.52. The van der Waals surface area contributed by atoms with Crippen LogP contribution in [0.4, 0.5) is 0 Å². The summed E-state index contributed by atoms with van der Waals surface area (Å²) in [6, 6.07) is 48.8.